The van der Waals surface area contributed by atoms with E-state index >= 15 is 0 Å². The molecule has 0 aliphatic rings. The summed E-state index contributed by atoms with van der Waals surface area (Å²) in [6, 6.07) is 13.9. The van der Waals surface area contributed by atoms with Crippen molar-refractivity contribution in [3.63, 3.8) is 0 Å². The zero-order valence-electron chi connectivity index (χ0n) is 8.77. The third kappa shape index (κ3) is 1.99. The fourth-order valence-electron chi connectivity index (χ4n) is 1.53. The van der Waals surface area contributed by atoms with Crippen LogP contribution in [0.1, 0.15) is 12.6 Å². The minimum Gasteiger partial charge on any atom is -0.397 e. The van der Waals surface area contributed by atoms with Crippen molar-refractivity contribution >= 4 is 5.69 Å². The zero-order chi connectivity index (χ0) is 10.7. The van der Waals surface area contributed by atoms with Gasteiger partial charge in [0.15, 0.2) is 0 Å². The highest BCUT2D eigenvalue weighted by Crippen LogP contribution is 2.23. The Morgan fingerprint density at radius 1 is 1.07 bits per heavy atom. The number of hydrogen-bond donors (Lipinski definition) is 1. The Kier molecular flexibility index (Phi) is 2.68. The third-order valence-corrected chi connectivity index (χ3v) is 2.39. The summed E-state index contributed by atoms with van der Waals surface area (Å²) < 4.78 is 0. The molecule has 2 heteroatoms. The summed E-state index contributed by atoms with van der Waals surface area (Å²) >= 11 is 0. The van der Waals surface area contributed by atoms with Crippen molar-refractivity contribution in [1.82, 2.24) is 4.98 Å². The summed E-state index contributed by atoms with van der Waals surface area (Å²) in [5, 5.41) is 0. The van der Waals surface area contributed by atoms with Gasteiger partial charge in [0.1, 0.15) is 0 Å². The SMILES string of the molecule is CCc1ccc(N)c(-c2ccccc2)n1. The molecule has 1 heterocycles. The minimum absolute atomic E-state index is 0.735. The van der Waals surface area contributed by atoms with Crippen LogP contribution in [0.25, 0.3) is 11.3 Å². The van der Waals surface area contributed by atoms with Gasteiger partial charge in [0.05, 0.1) is 11.4 Å². The first-order valence-electron chi connectivity index (χ1n) is 5.12. The highest BCUT2D eigenvalue weighted by molar-refractivity contribution is 5.72. The number of aromatic nitrogens is 1. The molecule has 0 spiro atoms. The lowest BCUT2D eigenvalue weighted by Crippen LogP contribution is -1.96. The van der Waals surface area contributed by atoms with E-state index in [4.69, 9.17) is 5.73 Å². The molecule has 1 aromatic heterocycles. The van der Waals surface area contributed by atoms with E-state index in [9.17, 15) is 0 Å². The van der Waals surface area contributed by atoms with Crippen LogP contribution in [0.2, 0.25) is 0 Å². The summed E-state index contributed by atoms with van der Waals surface area (Å²) in [5.74, 6) is 0. The molecule has 1 aromatic carbocycles. The van der Waals surface area contributed by atoms with Crippen LogP contribution in [-0.2, 0) is 6.42 Å². The van der Waals surface area contributed by atoms with Gasteiger partial charge in [-0.15, -0.1) is 0 Å². The van der Waals surface area contributed by atoms with Gasteiger partial charge < -0.3 is 5.73 Å². The summed E-state index contributed by atoms with van der Waals surface area (Å²) in [7, 11) is 0. The average molecular weight is 198 g/mol. The van der Waals surface area contributed by atoms with Gasteiger partial charge in [-0.25, -0.2) is 0 Å². The van der Waals surface area contributed by atoms with Crippen LogP contribution in [0.15, 0.2) is 42.5 Å². The van der Waals surface area contributed by atoms with Crippen molar-refractivity contribution in [3.8, 4) is 11.3 Å². The van der Waals surface area contributed by atoms with Crippen molar-refractivity contribution < 1.29 is 0 Å². The second-order valence-corrected chi connectivity index (χ2v) is 3.46. The molecule has 0 bridgehead atoms. The highest BCUT2D eigenvalue weighted by Gasteiger charge is 2.04. The average Bonchev–Trinajstić information content (AvgIpc) is 2.31. The van der Waals surface area contributed by atoms with Crippen molar-refractivity contribution in [2.75, 3.05) is 5.73 Å². The fourth-order valence-corrected chi connectivity index (χ4v) is 1.53. The molecule has 2 rings (SSSR count). The second-order valence-electron chi connectivity index (χ2n) is 3.46. The number of nitrogen functional groups attached to an aromatic ring is 1. The normalized spacial score (nSPS) is 10.2. The first-order chi connectivity index (χ1) is 7.31. The topological polar surface area (TPSA) is 38.9 Å². The molecule has 76 valence electrons. The summed E-state index contributed by atoms with van der Waals surface area (Å²) in [6.45, 7) is 2.09. The molecule has 0 radical (unpaired) electrons. The van der Waals surface area contributed by atoms with E-state index < -0.39 is 0 Å². The number of benzene rings is 1. The number of nitrogens with two attached hydrogens (primary N) is 1. The van der Waals surface area contributed by atoms with Gasteiger partial charge in [-0.05, 0) is 18.6 Å². The molecule has 2 nitrogen and oxygen atoms in total. The highest BCUT2D eigenvalue weighted by atomic mass is 14.8. The number of nitrogens with zero attached hydrogens (tertiary/aromatic N) is 1. The number of hydrogen-bond acceptors (Lipinski definition) is 2. The number of rotatable bonds is 2. The predicted octanol–water partition coefficient (Wildman–Crippen LogP) is 2.89. The second kappa shape index (κ2) is 4.13. The molecule has 15 heavy (non-hydrogen) atoms. The minimum atomic E-state index is 0.735. The zero-order valence-corrected chi connectivity index (χ0v) is 8.77. The van der Waals surface area contributed by atoms with Crippen molar-refractivity contribution in [2.45, 2.75) is 13.3 Å². The smallest absolute Gasteiger partial charge is 0.0934 e. The monoisotopic (exact) mass is 198 g/mol. The van der Waals surface area contributed by atoms with E-state index in [0.29, 0.717) is 0 Å². The van der Waals surface area contributed by atoms with Crippen LogP contribution >= 0.6 is 0 Å². The first-order valence-corrected chi connectivity index (χ1v) is 5.12. The molecular formula is C13H14N2. The van der Waals surface area contributed by atoms with E-state index in [-0.39, 0.29) is 0 Å². The Morgan fingerprint density at radius 3 is 2.47 bits per heavy atom. The quantitative estimate of drug-likeness (QED) is 0.805. The molecule has 0 fully saturated rings. The van der Waals surface area contributed by atoms with Crippen LogP contribution in [0.3, 0.4) is 0 Å². The molecule has 2 N–H and O–H groups in total. The van der Waals surface area contributed by atoms with E-state index in [0.717, 1.165) is 29.1 Å². The van der Waals surface area contributed by atoms with E-state index in [1.165, 1.54) is 0 Å². The molecule has 0 saturated carbocycles. The third-order valence-electron chi connectivity index (χ3n) is 2.39. The van der Waals surface area contributed by atoms with Crippen molar-refractivity contribution in [2.24, 2.45) is 0 Å². The number of anilines is 1. The van der Waals surface area contributed by atoms with E-state index in [2.05, 4.69) is 11.9 Å². The van der Waals surface area contributed by atoms with Gasteiger partial charge in [-0.2, -0.15) is 0 Å². The Labute approximate surface area is 89.8 Å². The maximum Gasteiger partial charge on any atom is 0.0934 e. The van der Waals surface area contributed by atoms with Gasteiger partial charge in [-0.3, -0.25) is 4.98 Å². The Morgan fingerprint density at radius 2 is 1.80 bits per heavy atom. The molecule has 0 atom stereocenters. The largest absolute Gasteiger partial charge is 0.397 e. The van der Waals surface area contributed by atoms with Crippen LogP contribution < -0.4 is 5.73 Å². The lowest BCUT2D eigenvalue weighted by Gasteiger charge is -2.06. The van der Waals surface area contributed by atoms with E-state index in [1.54, 1.807) is 0 Å². The van der Waals surface area contributed by atoms with Crippen LogP contribution in [0, 0.1) is 0 Å². The standard InChI is InChI=1S/C13H14N2/c1-2-11-8-9-12(14)13(15-11)10-6-4-3-5-7-10/h3-9H,2,14H2,1H3. The Bertz CT molecular complexity index is 449. The molecule has 0 aliphatic carbocycles. The summed E-state index contributed by atoms with van der Waals surface area (Å²) in [5.41, 5.74) is 9.68. The summed E-state index contributed by atoms with van der Waals surface area (Å²) in [6.07, 6.45) is 0.931. The van der Waals surface area contributed by atoms with Crippen molar-refractivity contribution in [1.29, 1.82) is 0 Å². The Hall–Kier alpha value is -1.83. The maximum atomic E-state index is 5.91. The molecule has 0 aliphatic heterocycles. The van der Waals surface area contributed by atoms with Crippen molar-refractivity contribution in [3.05, 3.63) is 48.2 Å². The molecular weight excluding hydrogens is 184 g/mol. The predicted molar refractivity (Wildman–Crippen MR) is 63.5 cm³/mol. The van der Waals surface area contributed by atoms with Gasteiger partial charge >= 0.3 is 0 Å². The molecule has 0 saturated heterocycles. The van der Waals surface area contributed by atoms with Gasteiger partial charge in [0.2, 0.25) is 0 Å². The first kappa shape index (κ1) is 9.71. The fraction of sp³-hybridized carbons (Fsp3) is 0.154. The number of aryl methyl sites for hydroxylation is 1. The number of pyridine rings is 1. The van der Waals surface area contributed by atoms with E-state index in [1.807, 2.05) is 42.5 Å². The van der Waals surface area contributed by atoms with Gasteiger partial charge in [0, 0.05) is 11.3 Å². The van der Waals surface area contributed by atoms with Crippen LogP contribution in [0.5, 0.6) is 0 Å². The Balaban J connectivity index is 2.52. The lowest BCUT2D eigenvalue weighted by atomic mass is 10.1. The molecule has 0 amide bonds. The lowest BCUT2D eigenvalue weighted by molar-refractivity contribution is 1.04. The van der Waals surface area contributed by atoms with Gasteiger partial charge in [0.25, 0.3) is 0 Å². The molecule has 0 unspecified atom stereocenters. The van der Waals surface area contributed by atoms with Crippen LogP contribution in [-0.4, -0.2) is 4.98 Å². The molecule has 2 aromatic rings. The van der Waals surface area contributed by atoms with Crippen LogP contribution in [0.4, 0.5) is 5.69 Å². The maximum absolute atomic E-state index is 5.91. The van der Waals surface area contributed by atoms with Gasteiger partial charge in [-0.1, -0.05) is 37.3 Å². The summed E-state index contributed by atoms with van der Waals surface area (Å²) in [4.78, 5) is 4.54.